The molecule has 0 atom stereocenters. The van der Waals surface area contributed by atoms with Crippen LogP contribution in [0.15, 0.2) is 97.1 Å². The molecule has 3 aromatic carbocycles. The summed E-state index contributed by atoms with van der Waals surface area (Å²) in [4.78, 5) is 30.5. The van der Waals surface area contributed by atoms with Gasteiger partial charge >= 0.3 is 0 Å². The van der Waals surface area contributed by atoms with Crippen LogP contribution < -0.4 is 5.32 Å². The van der Waals surface area contributed by atoms with Crippen LogP contribution in [0.4, 0.5) is 5.13 Å². The number of carbonyl (C=O) groups excluding carboxylic acids is 2. The molecule has 0 spiro atoms. The summed E-state index contributed by atoms with van der Waals surface area (Å²) in [6, 6.07) is 28.1. The van der Waals surface area contributed by atoms with Crippen molar-refractivity contribution in [3.63, 3.8) is 0 Å². The summed E-state index contributed by atoms with van der Waals surface area (Å²) in [5.74, 6) is -0.418. The SMILES string of the molecule is O=C(C=Cc1ccccc1)Nc1nc(-c2ccccc2)c(C(=O)c2ccccc2)s1. The van der Waals surface area contributed by atoms with Crippen molar-refractivity contribution < 1.29 is 9.59 Å². The van der Waals surface area contributed by atoms with E-state index in [-0.39, 0.29) is 11.7 Å². The molecule has 0 aliphatic rings. The number of hydrogen-bond donors (Lipinski definition) is 1. The molecule has 0 saturated carbocycles. The fraction of sp³-hybridized carbons (Fsp3) is 0. The monoisotopic (exact) mass is 410 g/mol. The van der Waals surface area contributed by atoms with Crippen molar-refractivity contribution in [2.45, 2.75) is 0 Å². The van der Waals surface area contributed by atoms with Crippen LogP contribution in [0.2, 0.25) is 0 Å². The van der Waals surface area contributed by atoms with Gasteiger partial charge in [0.2, 0.25) is 11.7 Å². The van der Waals surface area contributed by atoms with Crippen LogP contribution in [-0.4, -0.2) is 16.7 Å². The van der Waals surface area contributed by atoms with Gasteiger partial charge in [-0.15, -0.1) is 0 Å². The van der Waals surface area contributed by atoms with Crippen molar-refractivity contribution in [2.75, 3.05) is 5.32 Å². The Kier molecular flexibility index (Phi) is 5.92. The molecule has 30 heavy (non-hydrogen) atoms. The molecule has 0 unspecified atom stereocenters. The van der Waals surface area contributed by atoms with Crippen LogP contribution in [0.5, 0.6) is 0 Å². The van der Waals surface area contributed by atoms with Gasteiger partial charge in [-0.2, -0.15) is 0 Å². The average Bonchev–Trinajstić information content (AvgIpc) is 3.22. The fourth-order valence-corrected chi connectivity index (χ4v) is 3.88. The van der Waals surface area contributed by atoms with Crippen molar-refractivity contribution in [3.05, 3.63) is 113 Å². The predicted octanol–water partition coefficient (Wildman–Crippen LogP) is 5.69. The van der Waals surface area contributed by atoms with Gasteiger partial charge in [0.25, 0.3) is 0 Å². The lowest BCUT2D eigenvalue weighted by Crippen LogP contribution is -2.07. The Hall–Kier alpha value is -3.83. The van der Waals surface area contributed by atoms with E-state index in [0.29, 0.717) is 21.3 Å². The molecule has 4 aromatic rings. The van der Waals surface area contributed by atoms with E-state index in [1.165, 1.54) is 17.4 Å². The zero-order chi connectivity index (χ0) is 20.8. The van der Waals surface area contributed by atoms with Crippen LogP contribution in [0.3, 0.4) is 0 Å². The second-order valence-electron chi connectivity index (χ2n) is 6.49. The number of ketones is 1. The topological polar surface area (TPSA) is 59.1 Å². The van der Waals surface area contributed by atoms with E-state index in [1.54, 1.807) is 18.2 Å². The molecule has 4 rings (SSSR count). The molecule has 0 bridgehead atoms. The Morgan fingerprint density at radius 1 is 0.800 bits per heavy atom. The smallest absolute Gasteiger partial charge is 0.250 e. The number of amides is 1. The van der Waals surface area contributed by atoms with Gasteiger partial charge in [-0.25, -0.2) is 4.98 Å². The van der Waals surface area contributed by atoms with Gasteiger partial charge in [0.05, 0.1) is 5.69 Å². The minimum Gasteiger partial charge on any atom is -0.298 e. The number of rotatable bonds is 6. The lowest BCUT2D eigenvalue weighted by Gasteiger charge is -2.02. The molecular formula is C25H18N2O2S. The number of carbonyl (C=O) groups is 2. The van der Waals surface area contributed by atoms with E-state index in [2.05, 4.69) is 10.3 Å². The number of nitrogens with zero attached hydrogens (tertiary/aromatic N) is 1. The highest BCUT2D eigenvalue weighted by Crippen LogP contribution is 2.33. The number of thiazole rings is 1. The molecule has 0 radical (unpaired) electrons. The maximum atomic E-state index is 13.1. The maximum Gasteiger partial charge on any atom is 0.250 e. The third-order valence-electron chi connectivity index (χ3n) is 4.37. The largest absolute Gasteiger partial charge is 0.298 e. The molecule has 1 N–H and O–H groups in total. The summed E-state index contributed by atoms with van der Waals surface area (Å²) in [6.07, 6.45) is 3.19. The van der Waals surface area contributed by atoms with E-state index >= 15 is 0 Å². The van der Waals surface area contributed by atoms with E-state index < -0.39 is 0 Å². The number of benzene rings is 3. The fourth-order valence-electron chi connectivity index (χ4n) is 2.92. The summed E-state index contributed by atoms with van der Waals surface area (Å²) in [5, 5.41) is 3.16. The summed E-state index contributed by atoms with van der Waals surface area (Å²) >= 11 is 1.18. The van der Waals surface area contributed by atoms with Gasteiger partial charge in [-0.1, -0.05) is 102 Å². The van der Waals surface area contributed by atoms with Gasteiger partial charge in [-0.3, -0.25) is 14.9 Å². The second kappa shape index (κ2) is 9.11. The molecule has 0 aliphatic carbocycles. The Morgan fingerprint density at radius 3 is 2.07 bits per heavy atom. The average molecular weight is 410 g/mol. The van der Waals surface area contributed by atoms with Gasteiger partial charge in [0.15, 0.2) is 5.13 Å². The van der Waals surface area contributed by atoms with Gasteiger partial charge in [0, 0.05) is 17.2 Å². The Balaban J connectivity index is 1.63. The quantitative estimate of drug-likeness (QED) is 0.328. The molecule has 1 heterocycles. The molecule has 0 saturated heterocycles. The zero-order valence-electron chi connectivity index (χ0n) is 16.0. The lowest BCUT2D eigenvalue weighted by atomic mass is 10.1. The van der Waals surface area contributed by atoms with Crippen molar-refractivity contribution in [2.24, 2.45) is 0 Å². The molecule has 4 nitrogen and oxygen atoms in total. The van der Waals surface area contributed by atoms with Crippen LogP contribution in [0, 0.1) is 0 Å². The highest BCUT2D eigenvalue weighted by atomic mass is 32.1. The number of nitrogens with one attached hydrogen (secondary N) is 1. The summed E-state index contributed by atoms with van der Waals surface area (Å²) in [6.45, 7) is 0. The minimum atomic E-state index is -0.300. The molecule has 1 aromatic heterocycles. The molecule has 0 fully saturated rings. The van der Waals surface area contributed by atoms with Crippen LogP contribution in [-0.2, 0) is 4.79 Å². The van der Waals surface area contributed by atoms with E-state index in [0.717, 1.165) is 11.1 Å². The second-order valence-corrected chi connectivity index (χ2v) is 7.49. The third kappa shape index (κ3) is 4.59. The van der Waals surface area contributed by atoms with Crippen molar-refractivity contribution in [3.8, 4) is 11.3 Å². The molecule has 5 heteroatoms. The molecular weight excluding hydrogens is 392 g/mol. The first-order chi connectivity index (χ1) is 14.7. The maximum absolute atomic E-state index is 13.1. The highest BCUT2D eigenvalue weighted by molar-refractivity contribution is 7.18. The summed E-state index contributed by atoms with van der Waals surface area (Å²) in [7, 11) is 0. The standard InChI is InChI=1S/C25H18N2O2S/c28-21(17-16-18-10-4-1-5-11-18)26-25-27-22(19-12-6-2-7-13-19)24(30-25)23(29)20-14-8-3-9-15-20/h1-17H,(H,26,27,28). The molecule has 146 valence electrons. The minimum absolute atomic E-state index is 0.118. The van der Waals surface area contributed by atoms with Crippen molar-refractivity contribution in [1.29, 1.82) is 0 Å². The van der Waals surface area contributed by atoms with Crippen molar-refractivity contribution >= 4 is 34.2 Å². The van der Waals surface area contributed by atoms with Crippen LogP contribution >= 0.6 is 11.3 Å². The highest BCUT2D eigenvalue weighted by Gasteiger charge is 2.21. The number of hydrogen-bond acceptors (Lipinski definition) is 4. The zero-order valence-corrected chi connectivity index (χ0v) is 16.8. The summed E-state index contributed by atoms with van der Waals surface area (Å²) in [5.41, 5.74) is 2.90. The number of aromatic nitrogens is 1. The molecule has 0 aliphatic heterocycles. The van der Waals surface area contributed by atoms with Crippen molar-refractivity contribution in [1.82, 2.24) is 4.98 Å². The predicted molar refractivity (Wildman–Crippen MR) is 122 cm³/mol. The van der Waals surface area contributed by atoms with E-state index in [9.17, 15) is 9.59 Å². The third-order valence-corrected chi connectivity index (χ3v) is 5.34. The Morgan fingerprint density at radius 2 is 1.40 bits per heavy atom. The van der Waals surface area contributed by atoms with Gasteiger partial charge in [0.1, 0.15) is 4.88 Å². The van der Waals surface area contributed by atoms with E-state index in [4.69, 9.17) is 0 Å². The van der Waals surface area contributed by atoms with Crippen LogP contribution in [0.25, 0.3) is 17.3 Å². The molecule has 1 amide bonds. The number of anilines is 1. The normalized spacial score (nSPS) is 10.8. The van der Waals surface area contributed by atoms with E-state index in [1.807, 2.05) is 78.9 Å². The first kappa shape index (κ1) is 19.5. The van der Waals surface area contributed by atoms with Crippen LogP contribution in [0.1, 0.15) is 20.8 Å². The van der Waals surface area contributed by atoms with Gasteiger partial charge in [-0.05, 0) is 11.6 Å². The lowest BCUT2D eigenvalue weighted by molar-refractivity contribution is -0.111. The first-order valence-electron chi connectivity index (χ1n) is 9.41. The first-order valence-corrected chi connectivity index (χ1v) is 10.2. The Bertz CT molecular complexity index is 1180. The Labute approximate surface area is 178 Å². The summed E-state index contributed by atoms with van der Waals surface area (Å²) < 4.78 is 0. The van der Waals surface area contributed by atoms with Gasteiger partial charge < -0.3 is 0 Å².